The third-order valence-corrected chi connectivity index (χ3v) is 19.6. The molecule has 0 saturated heterocycles. The molecule has 17 rings (SSSR count). The topological polar surface area (TPSA) is 6.48 Å². The SMILES string of the molecule is CC1(C)c2ccccc2-c2ccc(-c3c4ccc(N(c5ccc6ccccc6c5)c5ccc6ccccc6c5)cc4c(-c4ccc5c(c4)C(C)(C)c4ccccc4-5)c4ccc(N(C5=CCC6C=CC=CC6=C5)c5ccc6ccccc6c5)cc34)cc21. The predicted molar refractivity (Wildman–Crippen MR) is 366 cm³/mol. The highest BCUT2D eigenvalue weighted by molar-refractivity contribution is 6.23. The molecule has 0 fully saturated rings. The molecule has 13 aromatic rings. The zero-order valence-corrected chi connectivity index (χ0v) is 48.8. The lowest BCUT2D eigenvalue weighted by atomic mass is 9.79. The minimum Gasteiger partial charge on any atom is -0.311 e. The van der Waals surface area contributed by atoms with Gasteiger partial charge in [-0.1, -0.05) is 234 Å². The van der Waals surface area contributed by atoms with E-state index in [1.165, 1.54) is 132 Å². The van der Waals surface area contributed by atoms with Gasteiger partial charge in [0.2, 0.25) is 0 Å². The van der Waals surface area contributed by atoms with Crippen LogP contribution in [0.5, 0.6) is 0 Å². The van der Waals surface area contributed by atoms with Crippen molar-refractivity contribution in [2.75, 3.05) is 9.80 Å². The highest BCUT2D eigenvalue weighted by atomic mass is 15.2. The van der Waals surface area contributed by atoms with Crippen LogP contribution >= 0.6 is 0 Å². The van der Waals surface area contributed by atoms with E-state index >= 15 is 0 Å². The van der Waals surface area contributed by atoms with Crippen LogP contribution in [0.15, 0.2) is 296 Å². The van der Waals surface area contributed by atoms with Crippen LogP contribution in [0.3, 0.4) is 0 Å². The lowest BCUT2D eigenvalue weighted by molar-refractivity contribution is 0.660. The Morgan fingerprint density at radius 2 is 0.744 bits per heavy atom. The predicted octanol–water partition coefficient (Wildman–Crippen LogP) is 23.0. The van der Waals surface area contributed by atoms with Gasteiger partial charge in [0.1, 0.15) is 0 Å². The molecule has 4 aliphatic rings. The van der Waals surface area contributed by atoms with Crippen LogP contribution in [0, 0.1) is 5.92 Å². The smallest absolute Gasteiger partial charge is 0.0468 e. The van der Waals surface area contributed by atoms with Crippen molar-refractivity contribution in [3.05, 3.63) is 319 Å². The van der Waals surface area contributed by atoms with Crippen LogP contribution in [-0.2, 0) is 10.8 Å². The monoisotopic (exact) mass is 1100 g/mol. The van der Waals surface area contributed by atoms with Gasteiger partial charge in [0.15, 0.2) is 0 Å². The van der Waals surface area contributed by atoms with E-state index in [-0.39, 0.29) is 10.8 Å². The van der Waals surface area contributed by atoms with E-state index in [9.17, 15) is 0 Å². The largest absolute Gasteiger partial charge is 0.311 e. The fraction of sp³-hybridized carbons (Fsp3) is 0.0952. The molecule has 2 heteroatoms. The van der Waals surface area contributed by atoms with Gasteiger partial charge < -0.3 is 9.80 Å². The quantitative estimate of drug-likeness (QED) is 0.140. The molecule has 13 aromatic carbocycles. The molecule has 0 N–H and O–H groups in total. The number of hydrogen-bond donors (Lipinski definition) is 0. The Balaban J connectivity index is 0.978. The Kier molecular flexibility index (Phi) is 11.2. The Bertz CT molecular complexity index is 5100. The summed E-state index contributed by atoms with van der Waals surface area (Å²) >= 11 is 0. The third kappa shape index (κ3) is 7.79. The Hall–Kier alpha value is -10.3. The van der Waals surface area contributed by atoms with E-state index in [1.54, 1.807) is 0 Å². The maximum Gasteiger partial charge on any atom is 0.0468 e. The Labute approximate surface area is 503 Å². The first kappa shape index (κ1) is 50.3. The number of hydrogen-bond acceptors (Lipinski definition) is 2. The van der Waals surface area contributed by atoms with Crippen LogP contribution in [0.1, 0.15) is 56.4 Å². The molecular formula is C84H62N2. The van der Waals surface area contributed by atoms with Crippen molar-refractivity contribution in [2.24, 2.45) is 5.92 Å². The lowest BCUT2D eigenvalue weighted by Crippen LogP contribution is -2.19. The molecule has 0 radical (unpaired) electrons. The van der Waals surface area contributed by atoms with Gasteiger partial charge in [-0.2, -0.15) is 0 Å². The molecule has 4 aliphatic carbocycles. The van der Waals surface area contributed by atoms with Crippen LogP contribution < -0.4 is 9.80 Å². The molecule has 0 spiro atoms. The maximum absolute atomic E-state index is 2.54. The normalized spacial score (nSPS) is 15.7. The first-order valence-corrected chi connectivity index (χ1v) is 30.5. The van der Waals surface area contributed by atoms with Gasteiger partial charge in [0.25, 0.3) is 0 Å². The average Bonchev–Trinajstić information content (AvgIpc) is 1.41. The molecule has 2 nitrogen and oxygen atoms in total. The van der Waals surface area contributed by atoms with Gasteiger partial charge in [0.05, 0.1) is 0 Å². The fourth-order valence-electron chi connectivity index (χ4n) is 15.3. The summed E-state index contributed by atoms with van der Waals surface area (Å²) in [5, 5.41) is 12.1. The second-order valence-corrected chi connectivity index (χ2v) is 25.2. The van der Waals surface area contributed by atoms with E-state index in [0.29, 0.717) is 5.92 Å². The maximum atomic E-state index is 2.54. The van der Waals surface area contributed by atoms with E-state index in [0.717, 1.165) is 34.9 Å². The summed E-state index contributed by atoms with van der Waals surface area (Å²) in [6.45, 7) is 9.62. The standard InChI is InChI=1S/C84H62N2/c1-83(2)77-27-15-13-25-69(77)71-41-33-61(49-79(71)83)81-73-43-39-68(86(65-37-31-55-19-7-11-23-59(55)47-65)66-38-32-56-20-8-12-24-60(56)48-66)52-76(73)82(62-34-42-72-70-26-14-16-28-78(70)84(3,4)80(72)50-62)74-44-40-67(51-75(74)81)85(63-35-29-53-17-5-9-21-57(53)45-63)64-36-30-54-18-6-10-22-58(54)46-64/h5-31,33-52,56H,32H2,1-4H3. The summed E-state index contributed by atoms with van der Waals surface area (Å²) in [4.78, 5) is 4.99. The number of rotatable bonds is 8. The second-order valence-electron chi connectivity index (χ2n) is 25.2. The highest BCUT2D eigenvalue weighted by Crippen LogP contribution is 2.55. The van der Waals surface area contributed by atoms with Crippen molar-refractivity contribution in [2.45, 2.75) is 44.9 Å². The molecule has 408 valence electrons. The van der Waals surface area contributed by atoms with Crippen LogP contribution in [0.2, 0.25) is 0 Å². The molecule has 1 unspecified atom stereocenters. The van der Waals surface area contributed by atoms with Gasteiger partial charge in [-0.15, -0.1) is 0 Å². The van der Waals surface area contributed by atoms with E-state index in [4.69, 9.17) is 0 Å². The number of fused-ring (bicyclic) bond motifs is 12. The molecular weight excluding hydrogens is 1040 g/mol. The minimum atomic E-state index is -0.200. The number of benzene rings is 13. The van der Waals surface area contributed by atoms with Crippen LogP contribution in [0.25, 0.3) is 98.4 Å². The summed E-state index contributed by atoms with van der Waals surface area (Å²) < 4.78 is 0. The summed E-state index contributed by atoms with van der Waals surface area (Å²) in [5.74, 6) is 0.364. The van der Waals surface area contributed by atoms with E-state index < -0.39 is 0 Å². The summed E-state index contributed by atoms with van der Waals surface area (Å²) in [6.07, 6.45) is 14.8. The zero-order valence-electron chi connectivity index (χ0n) is 48.8. The summed E-state index contributed by atoms with van der Waals surface area (Å²) in [6, 6.07) is 94.5. The molecule has 0 bridgehead atoms. The highest BCUT2D eigenvalue weighted by Gasteiger charge is 2.38. The number of allylic oxidation sites excluding steroid dienone is 7. The van der Waals surface area contributed by atoms with Crippen molar-refractivity contribution in [3.63, 3.8) is 0 Å². The van der Waals surface area contributed by atoms with Gasteiger partial charge >= 0.3 is 0 Å². The van der Waals surface area contributed by atoms with Crippen molar-refractivity contribution >= 4 is 82.3 Å². The first-order chi connectivity index (χ1) is 42.1. The number of anilines is 5. The van der Waals surface area contributed by atoms with Gasteiger partial charge in [-0.3, -0.25) is 0 Å². The molecule has 0 aromatic heterocycles. The van der Waals surface area contributed by atoms with Gasteiger partial charge in [0, 0.05) is 50.9 Å². The van der Waals surface area contributed by atoms with Crippen molar-refractivity contribution in [3.8, 4) is 44.5 Å². The lowest BCUT2D eigenvalue weighted by Gasteiger charge is -2.31. The zero-order chi connectivity index (χ0) is 57.4. The second kappa shape index (κ2) is 19.1. The molecule has 0 heterocycles. The fourth-order valence-corrected chi connectivity index (χ4v) is 15.3. The van der Waals surface area contributed by atoms with Crippen molar-refractivity contribution in [1.29, 1.82) is 0 Å². The van der Waals surface area contributed by atoms with Crippen molar-refractivity contribution < 1.29 is 0 Å². The number of nitrogens with zero attached hydrogens (tertiary/aromatic N) is 2. The van der Waals surface area contributed by atoms with E-state index in [1.807, 2.05) is 0 Å². The molecule has 86 heavy (non-hydrogen) atoms. The third-order valence-electron chi connectivity index (χ3n) is 19.6. The van der Waals surface area contributed by atoms with E-state index in [2.05, 4.69) is 323 Å². The van der Waals surface area contributed by atoms with Gasteiger partial charge in [-0.05, 0) is 211 Å². The molecule has 0 amide bonds. The van der Waals surface area contributed by atoms with Crippen LogP contribution in [0.4, 0.5) is 28.4 Å². The van der Waals surface area contributed by atoms with Gasteiger partial charge in [-0.25, -0.2) is 0 Å². The summed E-state index contributed by atoms with van der Waals surface area (Å²) in [5.41, 5.74) is 23.3. The van der Waals surface area contributed by atoms with Crippen molar-refractivity contribution in [1.82, 2.24) is 0 Å². The Morgan fingerprint density at radius 1 is 0.337 bits per heavy atom. The average molecular weight is 1100 g/mol. The first-order valence-electron chi connectivity index (χ1n) is 30.5. The summed E-state index contributed by atoms with van der Waals surface area (Å²) in [7, 11) is 0. The Morgan fingerprint density at radius 3 is 1.24 bits per heavy atom. The minimum absolute atomic E-state index is 0.199. The molecule has 0 saturated carbocycles. The van der Waals surface area contributed by atoms with Crippen LogP contribution in [-0.4, -0.2) is 0 Å². The molecule has 1 atom stereocenters. The molecule has 0 aliphatic heterocycles.